The van der Waals surface area contributed by atoms with E-state index >= 15 is 0 Å². The summed E-state index contributed by atoms with van der Waals surface area (Å²) in [6.07, 6.45) is 4.54. The van der Waals surface area contributed by atoms with Crippen LogP contribution in [0.2, 0.25) is 0 Å². The van der Waals surface area contributed by atoms with Crippen molar-refractivity contribution >= 4 is 27.3 Å². The molecule has 1 aliphatic rings. The van der Waals surface area contributed by atoms with Crippen LogP contribution in [-0.4, -0.2) is 11.9 Å². The lowest BCUT2D eigenvalue weighted by Gasteiger charge is -2.10. The molecular formula is C14H14FNOS. The number of fused-ring (bicyclic) bond motifs is 1. The quantitative estimate of drug-likeness (QED) is 0.879. The second-order valence-corrected chi connectivity index (χ2v) is 5.83. The Morgan fingerprint density at radius 3 is 2.83 bits per heavy atom. The Kier molecular flexibility index (Phi) is 3.04. The summed E-state index contributed by atoms with van der Waals surface area (Å²) in [6, 6.07) is 6.77. The molecule has 4 heteroatoms. The van der Waals surface area contributed by atoms with Crippen molar-refractivity contribution in [3.05, 3.63) is 35.0 Å². The summed E-state index contributed by atoms with van der Waals surface area (Å²) in [5, 5.41) is 3.98. The summed E-state index contributed by atoms with van der Waals surface area (Å²) in [6.45, 7) is 0. The SMILES string of the molecule is O=C(NC1CCCC1)c1cc2ccc(F)cc2s1. The van der Waals surface area contributed by atoms with Gasteiger partial charge in [0.05, 0.1) is 4.88 Å². The Morgan fingerprint density at radius 1 is 1.28 bits per heavy atom. The van der Waals surface area contributed by atoms with Crippen molar-refractivity contribution in [2.45, 2.75) is 31.7 Å². The second-order valence-electron chi connectivity index (χ2n) is 4.75. The van der Waals surface area contributed by atoms with Crippen LogP contribution in [0.5, 0.6) is 0 Å². The van der Waals surface area contributed by atoms with Gasteiger partial charge in [-0.25, -0.2) is 4.39 Å². The fraction of sp³-hybridized carbons (Fsp3) is 0.357. The highest BCUT2D eigenvalue weighted by Gasteiger charge is 2.19. The van der Waals surface area contributed by atoms with Gasteiger partial charge in [0.2, 0.25) is 0 Å². The first-order chi connectivity index (χ1) is 8.72. The topological polar surface area (TPSA) is 29.1 Å². The van der Waals surface area contributed by atoms with Crippen LogP contribution in [0.1, 0.15) is 35.4 Å². The van der Waals surface area contributed by atoms with Gasteiger partial charge in [-0.2, -0.15) is 0 Å². The summed E-state index contributed by atoms with van der Waals surface area (Å²) < 4.78 is 13.9. The summed E-state index contributed by atoms with van der Waals surface area (Å²) in [5.74, 6) is -0.282. The lowest BCUT2D eigenvalue weighted by molar-refractivity contribution is 0.0942. The number of carbonyl (C=O) groups is 1. The zero-order chi connectivity index (χ0) is 12.5. The van der Waals surface area contributed by atoms with Crippen molar-refractivity contribution < 1.29 is 9.18 Å². The molecule has 1 fully saturated rings. The average Bonchev–Trinajstić information content (AvgIpc) is 2.96. The Morgan fingerprint density at radius 2 is 2.06 bits per heavy atom. The van der Waals surface area contributed by atoms with Crippen molar-refractivity contribution in [1.82, 2.24) is 5.32 Å². The van der Waals surface area contributed by atoms with Gasteiger partial charge >= 0.3 is 0 Å². The van der Waals surface area contributed by atoms with E-state index in [4.69, 9.17) is 0 Å². The number of amides is 1. The third-order valence-electron chi connectivity index (χ3n) is 3.40. The van der Waals surface area contributed by atoms with Crippen LogP contribution in [0.4, 0.5) is 4.39 Å². The van der Waals surface area contributed by atoms with Gasteiger partial charge in [0.1, 0.15) is 5.82 Å². The predicted octanol–water partition coefficient (Wildman–Crippen LogP) is 3.71. The molecule has 2 aromatic rings. The lowest BCUT2D eigenvalue weighted by Crippen LogP contribution is -2.31. The van der Waals surface area contributed by atoms with E-state index in [1.165, 1.54) is 36.3 Å². The largest absolute Gasteiger partial charge is 0.349 e. The van der Waals surface area contributed by atoms with Gasteiger partial charge < -0.3 is 5.32 Å². The summed E-state index contributed by atoms with van der Waals surface area (Å²) in [4.78, 5) is 12.7. The van der Waals surface area contributed by atoms with Crippen molar-refractivity contribution in [3.63, 3.8) is 0 Å². The third-order valence-corrected chi connectivity index (χ3v) is 4.49. The fourth-order valence-corrected chi connectivity index (χ4v) is 3.43. The summed E-state index contributed by atoms with van der Waals surface area (Å²) in [5.41, 5.74) is 0. The second kappa shape index (κ2) is 4.69. The maximum Gasteiger partial charge on any atom is 0.261 e. The van der Waals surface area contributed by atoms with E-state index in [0.717, 1.165) is 22.9 Å². The molecule has 1 N–H and O–H groups in total. The van der Waals surface area contributed by atoms with Gasteiger partial charge in [-0.05, 0) is 36.4 Å². The van der Waals surface area contributed by atoms with E-state index in [0.29, 0.717) is 10.9 Å². The highest BCUT2D eigenvalue weighted by atomic mass is 32.1. The van der Waals surface area contributed by atoms with Crippen LogP contribution in [0.3, 0.4) is 0 Å². The minimum atomic E-state index is -0.257. The first-order valence-corrected chi connectivity index (χ1v) is 7.04. The van der Waals surface area contributed by atoms with E-state index in [9.17, 15) is 9.18 Å². The van der Waals surface area contributed by atoms with Gasteiger partial charge in [0.15, 0.2) is 0 Å². The smallest absolute Gasteiger partial charge is 0.261 e. The molecule has 0 atom stereocenters. The molecule has 1 heterocycles. The zero-order valence-corrected chi connectivity index (χ0v) is 10.7. The number of carbonyl (C=O) groups excluding carboxylic acids is 1. The van der Waals surface area contributed by atoms with E-state index in [1.54, 1.807) is 6.07 Å². The van der Waals surface area contributed by atoms with Crippen LogP contribution in [0.25, 0.3) is 10.1 Å². The molecule has 2 nitrogen and oxygen atoms in total. The van der Waals surface area contributed by atoms with Crippen molar-refractivity contribution in [3.8, 4) is 0 Å². The molecule has 1 saturated carbocycles. The molecule has 0 spiro atoms. The van der Waals surface area contributed by atoms with Crippen molar-refractivity contribution in [2.24, 2.45) is 0 Å². The molecule has 0 radical (unpaired) electrons. The van der Waals surface area contributed by atoms with Crippen LogP contribution < -0.4 is 5.32 Å². The van der Waals surface area contributed by atoms with Crippen molar-refractivity contribution in [1.29, 1.82) is 0 Å². The Balaban J connectivity index is 1.82. The first-order valence-electron chi connectivity index (χ1n) is 6.22. The lowest BCUT2D eigenvalue weighted by atomic mass is 10.2. The minimum Gasteiger partial charge on any atom is -0.349 e. The predicted molar refractivity (Wildman–Crippen MR) is 71.5 cm³/mol. The molecule has 0 saturated heterocycles. The zero-order valence-electron chi connectivity index (χ0n) is 9.91. The maximum atomic E-state index is 13.1. The number of benzene rings is 1. The fourth-order valence-electron chi connectivity index (χ4n) is 2.44. The van der Waals surface area contributed by atoms with Crippen LogP contribution in [0, 0.1) is 5.82 Å². The summed E-state index contributed by atoms with van der Waals surface area (Å²) >= 11 is 1.35. The number of rotatable bonds is 2. The van der Waals surface area contributed by atoms with Gasteiger partial charge in [0, 0.05) is 10.7 Å². The molecule has 0 bridgehead atoms. The number of hydrogen-bond acceptors (Lipinski definition) is 2. The Bertz CT molecular complexity index is 586. The molecule has 0 unspecified atom stereocenters. The van der Waals surface area contributed by atoms with Crippen LogP contribution >= 0.6 is 11.3 Å². The van der Waals surface area contributed by atoms with Gasteiger partial charge in [-0.15, -0.1) is 11.3 Å². The van der Waals surface area contributed by atoms with E-state index in [2.05, 4.69) is 5.32 Å². The number of hydrogen-bond donors (Lipinski definition) is 1. The van der Waals surface area contributed by atoms with Crippen LogP contribution in [-0.2, 0) is 0 Å². The third kappa shape index (κ3) is 2.25. The van der Waals surface area contributed by atoms with Gasteiger partial charge in [-0.3, -0.25) is 4.79 Å². The Labute approximate surface area is 109 Å². The molecule has 18 heavy (non-hydrogen) atoms. The van der Waals surface area contributed by atoms with E-state index in [1.807, 2.05) is 6.07 Å². The highest BCUT2D eigenvalue weighted by Crippen LogP contribution is 2.27. The molecule has 94 valence electrons. The average molecular weight is 263 g/mol. The molecular weight excluding hydrogens is 249 g/mol. The Hall–Kier alpha value is -1.42. The van der Waals surface area contributed by atoms with E-state index < -0.39 is 0 Å². The number of thiophene rings is 1. The molecule has 1 aliphatic carbocycles. The van der Waals surface area contributed by atoms with E-state index in [-0.39, 0.29) is 11.7 Å². The molecule has 0 aliphatic heterocycles. The van der Waals surface area contributed by atoms with Crippen molar-refractivity contribution in [2.75, 3.05) is 0 Å². The maximum absolute atomic E-state index is 13.1. The highest BCUT2D eigenvalue weighted by molar-refractivity contribution is 7.20. The van der Waals surface area contributed by atoms with Crippen LogP contribution in [0.15, 0.2) is 24.3 Å². The number of nitrogens with one attached hydrogen (secondary N) is 1. The monoisotopic (exact) mass is 263 g/mol. The molecule has 3 rings (SSSR count). The number of halogens is 1. The molecule has 1 aromatic carbocycles. The first kappa shape index (κ1) is 11.7. The normalized spacial score (nSPS) is 16.3. The van der Waals surface area contributed by atoms with Gasteiger partial charge in [-0.1, -0.05) is 18.9 Å². The molecule has 1 aromatic heterocycles. The molecule has 1 amide bonds. The summed E-state index contributed by atoms with van der Waals surface area (Å²) in [7, 11) is 0. The minimum absolute atomic E-state index is 0.0245. The standard InChI is InChI=1S/C14H14FNOS/c15-10-6-5-9-7-13(18-12(9)8-10)14(17)16-11-3-1-2-4-11/h5-8,11H,1-4H2,(H,16,17). The van der Waals surface area contributed by atoms with Gasteiger partial charge in [0.25, 0.3) is 5.91 Å².